The van der Waals surface area contributed by atoms with Gasteiger partial charge < -0.3 is 19.1 Å². The number of anilines is 2. The summed E-state index contributed by atoms with van der Waals surface area (Å²) in [6.45, 7) is 3.45. The summed E-state index contributed by atoms with van der Waals surface area (Å²) in [7, 11) is 1.71. The fraction of sp³-hybridized carbons (Fsp3) is 0.280. The molecule has 1 saturated heterocycles. The average molecular weight is 507 g/mol. The van der Waals surface area contributed by atoms with Gasteiger partial charge in [0.05, 0.1) is 18.6 Å². The number of thioether (sulfide) groups is 2. The Kier molecular flexibility index (Phi) is 7.39. The Morgan fingerprint density at radius 2 is 1.69 bits per heavy atom. The van der Waals surface area contributed by atoms with Crippen LogP contribution in [0.25, 0.3) is 11.4 Å². The first-order chi connectivity index (χ1) is 17.2. The highest BCUT2D eigenvalue weighted by Gasteiger charge is 2.23. The number of aromatic nitrogens is 4. The second-order valence-electron chi connectivity index (χ2n) is 7.86. The van der Waals surface area contributed by atoms with Gasteiger partial charge >= 0.3 is 0 Å². The molecule has 0 saturated carbocycles. The van der Waals surface area contributed by atoms with Crippen molar-refractivity contribution in [2.24, 2.45) is 0 Å². The zero-order valence-electron chi connectivity index (χ0n) is 19.6. The van der Waals surface area contributed by atoms with Crippen molar-refractivity contribution in [3.05, 3.63) is 66.8 Å². The molecule has 5 rings (SSSR count). The summed E-state index contributed by atoms with van der Waals surface area (Å²) in [6, 6.07) is 16.3. The molecule has 2 aromatic heterocycles. The quantitative estimate of drug-likeness (QED) is 0.309. The number of para-hydroxylation sites is 2. The third kappa shape index (κ3) is 5.38. The van der Waals surface area contributed by atoms with Crippen LogP contribution in [0.1, 0.15) is 5.89 Å². The highest BCUT2D eigenvalue weighted by atomic mass is 32.2. The summed E-state index contributed by atoms with van der Waals surface area (Å²) >= 11 is 3.27. The molecule has 1 aliphatic heterocycles. The van der Waals surface area contributed by atoms with Crippen LogP contribution in [0.5, 0.6) is 5.75 Å². The van der Waals surface area contributed by atoms with Crippen LogP contribution in [0.2, 0.25) is 0 Å². The van der Waals surface area contributed by atoms with E-state index in [4.69, 9.17) is 9.26 Å². The number of benzene rings is 2. The number of methoxy groups -OCH3 is 1. The molecule has 8 nitrogen and oxygen atoms in total. The molecule has 35 heavy (non-hydrogen) atoms. The van der Waals surface area contributed by atoms with E-state index in [0.717, 1.165) is 54.0 Å². The molecule has 0 aliphatic carbocycles. The summed E-state index contributed by atoms with van der Waals surface area (Å²) in [4.78, 5) is 19.6. The van der Waals surface area contributed by atoms with Gasteiger partial charge in [-0.05, 0) is 42.7 Å². The van der Waals surface area contributed by atoms with Gasteiger partial charge in [0.25, 0.3) is 0 Å². The number of piperazine rings is 1. The Morgan fingerprint density at radius 1 is 0.943 bits per heavy atom. The first-order valence-corrected chi connectivity index (χ1v) is 13.5. The molecule has 0 N–H and O–H groups in total. The zero-order chi connectivity index (χ0) is 24.0. The topological polar surface area (TPSA) is 80.4 Å². The summed E-state index contributed by atoms with van der Waals surface area (Å²) in [5.41, 5.74) is 2.06. The van der Waals surface area contributed by atoms with Crippen LogP contribution in [-0.4, -0.2) is 59.7 Å². The first kappa shape index (κ1) is 23.5. The molecule has 0 bridgehead atoms. The number of nitrogens with zero attached hydrogens (tertiary/aromatic N) is 6. The molecule has 10 heteroatoms. The number of hydrogen-bond donors (Lipinski definition) is 0. The van der Waals surface area contributed by atoms with Crippen molar-refractivity contribution >= 4 is 35.0 Å². The van der Waals surface area contributed by atoms with E-state index < -0.39 is 0 Å². The largest absolute Gasteiger partial charge is 0.495 e. The Hall–Kier alpha value is -3.24. The molecular weight excluding hydrogens is 480 g/mol. The highest BCUT2D eigenvalue weighted by molar-refractivity contribution is 7.98. The molecular formula is C25H26N6O2S2. The zero-order valence-corrected chi connectivity index (χ0v) is 21.3. The fourth-order valence-corrected chi connectivity index (χ4v) is 5.22. The molecule has 1 fully saturated rings. The predicted octanol–water partition coefficient (Wildman–Crippen LogP) is 4.88. The monoisotopic (exact) mass is 506 g/mol. The summed E-state index contributed by atoms with van der Waals surface area (Å²) in [5.74, 6) is 3.49. The fourth-order valence-electron chi connectivity index (χ4n) is 3.99. The molecule has 0 unspecified atom stereocenters. The Labute approximate surface area is 213 Å². The van der Waals surface area contributed by atoms with Gasteiger partial charge in [-0.3, -0.25) is 0 Å². The van der Waals surface area contributed by atoms with Gasteiger partial charge in [0.15, 0.2) is 5.82 Å². The van der Waals surface area contributed by atoms with Crippen LogP contribution in [0.15, 0.2) is 75.4 Å². The number of hydrogen-bond acceptors (Lipinski definition) is 10. The molecule has 0 radical (unpaired) electrons. The maximum atomic E-state index is 5.54. The third-order valence-corrected chi connectivity index (χ3v) is 7.50. The summed E-state index contributed by atoms with van der Waals surface area (Å²) < 4.78 is 11.0. The van der Waals surface area contributed by atoms with Gasteiger partial charge in [-0.25, -0.2) is 9.97 Å². The van der Waals surface area contributed by atoms with Gasteiger partial charge in [0, 0.05) is 49.0 Å². The van der Waals surface area contributed by atoms with Crippen molar-refractivity contribution in [2.75, 3.05) is 49.3 Å². The van der Waals surface area contributed by atoms with E-state index in [0.29, 0.717) is 17.5 Å². The average Bonchev–Trinajstić information content (AvgIpc) is 3.41. The van der Waals surface area contributed by atoms with Crippen molar-refractivity contribution in [1.29, 1.82) is 0 Å². The smallest absolute Gasteiger partial charge is 0.237 e. The van der Waals surface area contributed by atoms with Crippen LogP contribution in [0.3, 0.4) is 0 Å². The highest BCUT2D eigenvalue weighted by Crippen LogP contribution is 2.32. The summed E-state index contributed by atoms with van der Waals surface area (Å²) in [5, 5.41) is 5.01. The normalized spacial score (nSPS) is 13.8. The van der Waals surface area contributed by atoms with Gasteiger partial charge in [-0.15, -0.1) is 11.8 Å². The van der Waals surface area contributed by atoms with Crippen molar-refractivity contribution in [1.82, 2.24) is 20.1 Å². The Bertz CT molecular complexity index is 1260. The van der Waals surface area contributed by atoms with Crippen LogP contribution in [0, 0.1) is 0 Å². The molecule has 0 spiro atoms. The van der Waals surface area contributed by atoms with E-state index in [9.17, 15) is 0 Å². The van der Waals surface area contributed by atoms with E-state index >= 15 is 0 Å². The second-order valence-corrected chi connectivity index (χ2v) is 9.70. The SMILES string of the molecule is COc1ccccc1N1CCN(c2nccnc2SCc2nc(-c3ccc(SC)cc3)no2)CC1. The standard InChI is InChI=1S/C25H26N6O2S2/c1-32-21-6-4-3-5-20(21)30-13-15-31(16-14-30)24-25(27-12-11-26-24)35-17-22-28-23(29-33-22)18-7-9-19(34-2)10-8-18/h3-12H,13-17H2,1-2H3. The minimum Gasteiger partial charge on any atom is -0.495 e. The Balaban J connectivity index is 1.23. The lowest BCUT2D eigenvalue weighted by molar-refractivity contribution is 0.391. The molecule has 180 valence electrons. The molecule has 0 amide bonds. The van der Waals surface area contributed by atoms with E-state index in [1.165, 1.54) is 4.90 Å². The molecule has 3 heterocycles. The van der Waals surface area contributed by atoms with E-state index in [2.05, 4.69) is 54.4 Å². The van der Waals surface area contributed by atoms with E-state index in [1.807, 2.05) is 30.3 Å². The second kappa shape index (κ2) is 11.0. The molecule has 1 aliphatic rings. The first-order valence-electron chi connectivity index (χ1n) is 11.3. The van der Waals surface area contributed by atoms with Gasteiger partial charge in [-0.1, -0.05) is 29.1 Å². The van der Waals surface area contributed by atoms with Crippen LogP contribution in [-0.2, 0) is 5.75 Å². The lowest BCUT2D eigenvalue weighted by Crippen LogP contribution is -2.47. The number of rotatable bonds is 8. The van der Waals surface area contributed by atoms with Crippen molar-refractivity contribution < 1.29 is 9.26 Å². The maximum absolute atomic E-state index is 5.54. The van der Waals surface area contributed by atoms with Gasteiger partial charge in [-0.2, -0.15) is 4.98 Å². The third-order valence-electron chi connectivity index (χ3n) is 5.80. The lowest BCUT2D eigenvalue weighted by atomic mass is 10.2. The van der Waals surface area contributed by atoms with E-state index in [1.54, 1.807) is 43.0 Å². The predicted molar refractivity (Wildman–Crippen MR) is 141 cm³/mol. The van der Waals surface area contributed by atoms with Crippen molar-refractivity contribution in [2.45, 2.75) is 15.7 Å². The van der Waals surface area contributed by atoms with Crippen LogP contribution >= 0.6 is 23.5 Å². The Morgan fingerprint density at radius 3 is 2.46 bits per heavy atom. The number of ether oxygens (including phenoxy) is 1. The van der Waals surface area contributed by atoms with Crippen LogP contribution in [0.4, 0.5) is 11.5 Å². The van der Waals surface area contributed by atoms with Crippen LogP contribution < -0.4 is 14.5 Å². The molecule has 2 aromatic carbocycles. The van der Waals surface area contributed by atoms with E-state index in [-0.39, 0.29) is 0 Å². The maximum Gasteiger partial charge on any atom is 0.237 e. The minimum atomic E-state index is 0.531. The molecule has 4 aromatic rings. The van der Waals surface area contributed by atoms with Crippen molar-refractivity contribution in [3.8, 4) is 17.1 Å². The van der Waals surface area contributed by atoms with Gasteiger partial charge in [0.2, 0.25) is 11.7 Å². The minimum absolute atomic E-state index is 0.531. The molecule has 0 atom stereocenters. The van der Waals surface area contributed by atoms with Crippen molar-refractivity contribution in [3.63, 3.8) is 0 Å². The van der Waals surface area contributed by atoms with Gasteiger partial charge in [0.1, 0.15) is 10.8 Å². The summed E-state index contributed by atoms with van der Waals surface area (Å²) in [6.07, 6.45) is 5.53. The lowest BCUT2D eigenvalue weighted by Gasteiger charge is -2.37.